The van der Waals surface area contributed by atoms with E-state index < -0.39 is 0 Å². The number of aliphatic hydroxyl groups excluding tert-OH is 1. The van der Waals surface area contributed by atoms with Crippen LogP contribution in [0.2, 0.25) is 0 Å². The van der Waals surface area contributed by atoms with Crippen molar-refractivity contribution in [3.8, 4) is 34.1 Å². The highest BCUT2D eigenvalue weighted by Gasteiger charge is 2.29. The van der Waals surface area contributed by atoms with Crippen molar-refractivity contribution in [2.24, 2.45) is 0 Å². The largest absolute Gasteiger partial charge is 0.497 e. The molecule has 1 aliphatic rings. The second kappa shape index (κ2) is 7.85. The van der Waals surface area contributed by atoms with Crippen molar-refractivity contribution in [1.82, 2.24) is 0 Å². The van der Waals surface area contributed by atoms with Gasteiger partial charge >= 0.3 is 0 Å². The van der Waals surface area contributed by atoms with Gasteiger partial charge in [0.25, 0.3) is 0 Å². The number of benzene rings is 2. The van der Waals surface area contributed by atoms with Gasteiger partial charge < -0.3 is 28.8 Å². The van der Waals surface area contributed by atoms with Crippen molar-refractivity contribution in [2.45, 2.75) is 19.1 Å². The zero-order valence-corrected chi connectivity index (χ0v) is 15.5. The van der Waals surface area contributed by atoms with E-state index in [0.717, 1.165) is 28.0 Å². The Morgan fingerprint density at radius 1 is 1.00 bits per heavy atom. The monoisotopic (exact) mass is 360 g/mol. The van der Waals surface area contributed by atoms with E-state index in [1.807, 2.05) is 24.3 Å². The Hall–Kier alpha value is -2.44. The minimum absolute atomic E-state index is 0.0292. The van der Waals surface area contributed by atoms with Crippen LogP contribution in [0.1, 0.15) is 23.7 Å². The van der Waals surface area contributed by atoms with Crippen LogP contribution >= 0.6 is 0 Å². The zero-order chi connectivity index (χ0) is 18.7. The molecular weight excluding hydrogens is 336 g/mol. The van der Waals surface area contributed by atoms with Crippen molar-refractivity contribution in [3.63, 3.8) is 0 Å². The molecule has 6 heteroatoms. The lowest BCUT2D eigenvalue weighted by atomic mass is 9.92. The first-order valence-electron chi connectivity index (χ1n) is 8.41. The van der Waals surface area contributed by atoms with E-state index in [0.29, 0.717) is 30.3 Å². The van der Waals surface area contributed by atoms with E-state index in [9.17, 15) is 5.11 Å². The molecule has 6 nitrogen and oxygen atoms in total. The molecule has 0 spiro atoms. The molecule has 26 heavy (non-hydrogen) atoms. The summed E-state index contributed by atoms with van der Waals surface area (Å²) in [6.45, 7) is 0.398. The molecule has 0 saturated heterocycles. The molecule has 1 heterocycles. The summed E-state index contributed by atoms with van der Waals surface area (Å²) < 4.78 is 28.2. The lowest BCUT2D eigenvalue weighted by Crippen LogP contribution is -2.06. The molecule has 0 radical (unpaired) electrons. The van der Waals surface area contributed by atoms with E-state index in [-0.39, 0.29) is 12.7 Å². The van der Waals surface area contributed by atoms with Crippen LogP contribution in [0.4, 0.5) is 0 Å². The Morgan fingerprint density at radius 2 is 1.77 bits per heavy atom. The van der Waals surface area contributed by atoms with Crippen molar-refractivity contribution in [2.75, 3.05) is 35.0 Å². The normalized spacial score (nSPS) is 15.5. The summed E-state index contributed by atoms with van der Waals surface area (Å²) >= 11 is 0. The van der Waals surface area contributed by atoms with Crippen molar-refractivity contribution >= 4 is 0 Å². The van der Waals surface area contributed by atoms with Crippen LogP contribution in [-0.2, 0) is 11.3 Å². The third-order valence-corrected chi connectivity index (χ3v) is 4.62. The highest BCUT2D eigenvalue weighted by atomic mass is 16.5. The van der Waals surface area contributed by atoms with Crippen molar-refractivity contribution in [3.05, 3.63) is 35.4 Å². The van der Waals surface area contributed by atoms with Crippen molar-refractivity contribution in [1.29, 1.82) is 0 Å². The minimum atomic E-state index is -0.251. The van der Waals surface area contributed by atoms with Gasteiger partial charge in [0.1, 0.15) is 5.75 Å². The van der Waals surface area contributed by atoms with Gasteiger partial charge in [0, 0.05) is 18.6 Å². The maximum Gasteiger partial charge on any atom is 0.203 e. The zero-order valence-electron chi connectivity index (χ0n) is 15.5. The van der Waals surface area contributed by atoms with Gasteiger partial charge in [0.2, 0.25) is 5.75 Å². The van der Waals surface area contributed by atoms with Crippen LogP contribution < -0.4 is 18.9 Å². The predicted molar refractivity (Wildman–Crippen MR) is 97.3 cm³/mol. The third kappa shape index (κ3) is 3.06. The van der Waals surface area contributed by atoms with Gasteiger partial charge in [0.05, 0.1) is 41.2 Å². The molecular formula is C20H24O6. The predicted octanol–water partition coefficient (Wildman–Crippen LogP) is 3.34. The maximum absolute atomic E-state index is 9.47. The van der Waals surface area contributed by atoms with E-state index >= 15 is 0 Å². The van der Waals surface area contributed by atoms with Crippen LogP contribution in [-0.4, -0.2) is 40.2 Å². The quantitative estimate of drug-likeness (QED) is 0.852. The molecule has 0 aliphatic carbocycles. The summed E-state index contributed by atoms with van der Waals surface area (Å²) in [4.78, 5) is 0. The van der Waals surface area contributed by atoms with Gasteiger partial charge in [-0.25, -0.2) is 0 Å². The molecule has 0 fully saturated rings. The fourth-order valence-corrected chi connectivity index (χ4v) is 3.41. The summed E-state index contributed by atoms with van der Waals surface area (Å²) in [7, 11) is 6.42. The molecule has 3 rings (SSSR count). The van der Waals surface area contributed by atoms with Gasteiger partial charge in [-0.15, -0.1) is 0 Å². The summed E-state index contributed by atoms with van der Waals surface area (Å²) in [5.74, 6) is 2.46. The van der Waals surface area contributed by atoms with Crippen LogP contribution in [0, 0.1) is 0 Å². The standard InChI is InChI=1S/C20H24O6/c1-22-13-5-6-14-15(10-13)16(7-8-21)26-11-12-9-17(23-2)19(24-3)20(25-4)18(12)14/h5-6,9-10,16,21H,7-8,11H2,1-4H3. The first kappa shape index (κ1) is 18.4. The van der Waals surface area contributed by atoms with E-state index in [1.54, 1.807) is 28.4 Å². The average molecular weight is 360 g/mol. The number of fused-ring (bicyclic) bond motifs is 3. The SMILES string of the molecule is COc1ccc2c(c1)C(CCO)OCc1cc(OC)c(OC)c(OC)c1-2. The number of methoxy groups -OCH3 is 4. The number of hydrogen-bond acceptors (Lipinski definition) is 6. The molecule has 0 saturated carbocycles. The molecule has 1 unspecified atom stereocenters. The topological polar surface area (TPSA) is 66.4 Å². The molecule has 0 amide bonds. The fourth-order valence-electron chi connectivity index (χ4n) is 3.41. The van der Waals surface area contributed by atoms with Crippen LogP contribution in [0.25, 0.3) is 11.1 Å². The van der Waals surface area contributed by atoms with Gasteiger partial charge in [-0.05, 0) is 34.9 Å². The summed E-state index contributed by atoms with van der Waals surface area (Å²) in [6.07, 6.45) is 0.240. The second-order valence-electron chi connectivity index (χ2n) is 5.94. The highest BCUT2D eigenvalue weighted by Crippen LogP contribution is 2.51. The number of hydrogen-bond donors (Lipinski definition) is 1. The van der Waals surface area contributed by atoms with E-state index in [4.69, 9.17) is 23.7 Å². The maximum atomic E-state index is 9.47. The Labute approximate surface area is 153 Å². The number of rotatable bonds is 6. The lowest BCUT2D eigenvalue weighted by molar-refractivity contribution is 0.0249. The van der Waals surface area contributed by atoms with E-state index in [2.05, 4.69) is 0 Å². The summed E-state index contributed by atoms with van der Waals surface area (Å²) in [5, 5.41) is 9.47. The highest BCUT2D eigenvalue weighted by molar-refractivity contribution is 5.82. The molecule has 140 valence electrons. The molecule has 1 atom stereocenters. The molecule has 2 aromatic carbocycles. The molecule has 2 aromatic rings. The third-order valence-electron chi connectivity index (χ3n) is 4.62. The minimum Gasteiger partial charge on any atom is -0.497 e. The summed E-state index contributed by atoms with van der Waals surface area (Å²) in [6, 6.07) is 7.74. The summed E-state index contributed by atoms with van der Waals surface area (Å²) in [5.41, 5.74) is 3.76. The smallest absolute Gasteiger partial charge is 0.203 e. The van der Waals surface area contributed by atoms with Gasteiger partial charge in [0.15, 0.2) is 11.5 Å². The van der Waals surface area contributed by atoms with Gasteiger partial charge in [-0.1, -0.05) is 6.07 Å². The fraction of sp³-hybridized carbons (Fsp3) is 0.400. The Bertz CT molecular complexity index is 786. The molecule has 0 bridgehead atoms. The average Bonchev–Trinajstić information content (AvgIpc) is 2.83. The van der Waals surface area contributed by atoms with E-state index in [1.165, 1.54) is 0 Å². The van der Waals surface area contributed by atoms with Crippen LogP contribution in [0.5, 0.6) is 23.0 Å². The Morgan fingerprint density at radius 3 is 2.38 bits per heavy atom. The first-order valence-corrected chi connectivity index (χ1v) is 8.41. The lowest BCUT2D eigenvalue weighted by Gasteiger charge is -2.20. The van der Waals surface area contributed by atoms with Gasteiger partial charge in [-0.2, -0.15) is 0 Å². The van der Waals surface area contributed by atoms with Gasteiger partial charge in [-0.3, -0.25) is 0 Å². The first-order chi connectivity index (χ1) is 12.7. The Balaban J connectivity index is 2.30. The second-order valence-corrected chi connectivity index (χ2v) is 5.94. The number of aliphatic hydroxyl groups is 1. The number of ether oxygens (including phenoxy) is 5. The molecule has 1 aliphatic heterocycles. The molecule has 0 aromatic heterocycles. The van der Waals surface area contributed by atoms with Crippen LogP contribution in [0.15, 0.2) is 24.3 Å². The van der Waals surface area contributed by atoms with Crippen molar-refractivity contribution < 1.29 is 28.8 Å². The Kier molecular flexibility index (Phi) is 5.54. The van der Waals surface area contributed by atoms with Crippen LogP contribution in [0.3, 0.4) is 0 Å². The molecule has 1 N–H and O–H groups in total.